The number of benzene rings is 1. The van der Waals surface area contributed by atoms with Crippen molar-refractivity contribution >= 4 is 22.9 Å². The Morgan fingerprint density at radius 2 is 2.04 bits per heavy atom. The predicted molar refractivity (Wildman–Crippen MR) is 88.8 cm³/mol. The van der Waals surface area contributed by atoms with Crippen molar-refractivity contribution in [3.8, 4) is 0 Å². The van der Waals surface area contributed by atoms with Gasteiger partial charge in [-0.3, -0.25) is 0 Å². The van der Waals surface area contributed by atoms with Crippen molar-refractivity contribution in [2.24, 2.45) is 0 Å². The molecule has 0 spiro atoms. The van der Waals surface area contributed by atoms with E-state index in [4.69, 9.17) is 9.26 Å². The summed E-state index contributed by atoms with van der Waals surface area (Å²) < 4.78 is 10.2. The number of anilines is 1. The number of fused-ring (bicyclic) bond motifs is 1. The number of ether oxygens (including phenoxy) is 1. The third-order valence-electron chi connectivity index (χ3n) is 3.57. The molecule has 0 bridgehead atoms. The summed E-state index contributed by atoms with van der Waals surface area (Å²) >= 11 is 0. The number of esters is 1. The lowest BCUT2D eigenvalue weighted by atomic mass is 10.1. The van der Waals surface area contributed by atoms with Crippen LogP contribution in [0.15, 0.2) is 34.9 Å². The van der Waals surface area contributed by atoms with Crippen LogP contribution in [-0.4, -0.2) is 27.7 Å². The Morgan fingerprint density at radius 3 is 2.75 bits per heavy atom. The largest absolute Gasteiger partial charge is 0.461 e. The van der Waals surface area contributed by atoms with Gasteiger partial charge in [-0.25, -0.2) is 9.78 Å². The van der Waals surface area contributed by atoms with Crippen molar-refractivity contribution in [2.75, 3.05) is 11.9 Å². The van der Waals surface area contributed by atoms with Gasteiger partial charge in [-0.2, -0.15) is 4.98 Å². The predicted octanol–water partition coefficient (Wildman–Crippen LogP) is 3.28. The third kappa shape index (κ3) is 3.05. The summed E-state index contributed by atoms with van der Waals surface area (Å²) in [5.41, 5.74) is 1.43. The van der Waals surface area contributed by atoms with Crippen molar-refractivity contribution < 1.29 is 14.1 Å². The minimum atomic E-state index is -0.556. The second-order valence-corrected chi connectivity index (χ2v) is 5.33. The maximum Gasteiger partial charge on any atom is 0.361 e. The molecule has 0 saturated heterocycles. The van der Waals surface area contributed by atoms with Crippen LogP contribution in [0.5, 0.6) is 0 Å². The summed E-state index contributed by atoms with van der Waals surface area (Å²) in [5.74, 6) is 0.467. The van der Waals surface area contributed by atoms with Gasteiger partial charge >= 0.3 is 5.97 Å². The number of nitrogens with zero attached hydrogens (tertiary/aromatic N) is 3. The van der Waals surface area contributed by atoms with Crippen LogP contribution in [0.25, 0.3) is 11.1 Å². The second kappa shape index (κ2) is 6.66. The van der Waals surface area contributed by atoms with Crippen LogP contribution < -0.4 is 5.32 Å². The Labute approximate surface area is 139 Å². The fraction of sp³-hybridized carbons (Fsp3) is 0.294. The zero-order valence-electron chi connectivity index (χ0n) is 13.7. The Morgan fingerprint density at radius 1 is 1.29 bits per heavy atom. The first-order valence-electron chi connectivity index (χ1n) is 7.72. The van der Waals surface area contributed by atoms with Crippen molar-refractivity contribution in [2.45, 2.75) is 26.8 Å². The van der Waals surface area contributed by atoms with Crippen molar-refractivity contribution in [3.05, 3.63) is 47.4 Å². The van der Waals surface area contributed by atoms with E-state index in [2.05, 4.69) is 20.4 Å². The maximum absolute atomic E-state index is 12.1. The van der Waals surface area contributed by atoms with E-state index in [1.54, 1.807) is 13.8 Å². The molecular formula is C17H18N4O3. The molecule has 7 heteroatoms. The van der Waals surface area contributed by atoms with Crippen LogP contribution in [0, 0.1) is 6.92 Å². The molecule has 7 nitrogen and oxygen atoms in total. The lowest BCUT2D eigenvalue weighted by molar-refractivity contribution is 0.0517. The molecule has 0 aliphatic rings. The van der Waals surface area contributed by atoms with Gasteiger partial charge in [0.1, 0.15) is 17.0 Å². The lowest BCUT2D eigenvalue weighted by Gasteiger charge is -2.15. The van der Waals surface area contributed by atoms with E-state index in [0.29, 0.717) is 17.0 Å². The molecule has 0 aliphatic heterocycles. The minimum absolute atomic E-state index is 0.0198. The summed E-state index contributed by atoms with van der Waals surface area (Å²) in [6.45, 7) is 5.75. The SMILES string of the molecule is CCOC(=O)c1noc2nc(C)nc(N[C@@H](C)c3ccccc3)c12. The number of hydrogen-bond donors (Lipinski definition) is 1. The summed E-state index contributed by atoms with van der Waals surface area (Å²) in [5, 5.41) is 7.54. The van der Waals surface area contributed by atoms with E-state index in [1.807, 2.05) is 37.3 Å². The van der Waals surface area contributed by atoms with Gasteiger partial charge in [-0.05, 0) is 26.3 Å². The number of aromatic nitrogens is 3. The van der Waals surface area contributed by atoms with Crippen LogP contribution in [0.2, 0.25) is 0 Å². The van der Waals surface area contributed by atoms with Crippen molar-refractivity contribution in [1.29, 1.82) is 0 Å². The number of carbonyl (C=O) groups is 1. The number of rotatable bonds is 5. The molecule has 3 aromatic rings. The normalized spacial score (nSPS) is 12.1. The van der Waals surface area contributed by atoms with Crippen LogP contribution in [0.3, 0.4) is 0 Å². The van der Waals surface area contributed by atoms with E-state index in [-0.39, 0.29) is 24.1 Å². The molecule has 24 heavy (non-hydrogen) atoms. The van der Waals surface area contributed by atoms with Crippen LogP contribution in [0.1, 0.15) is 41.8 Å². The highest BCUT2D eigenvalue weighted by atomic mass is 16.5. The number of nitrogens with one attached hydrogen (secondary N) is 1. The fourth-order valence-corrected chi connectivity index (χ4v) is 2.43. The number of hydrogen-bond acceptors (Lipinski definition) is 7. The Hall–Kier alpha value is -2.96. The number of aryl methyl sites for hydroxylation is 1. The van der Waals surface area contributed by atoms with Crippen LogP contribution in [0.4, 0.5) is 5.82 Å². The molecule has 0 amide bonds. The zero-order valence-corrected chi connectivity index (χ0v) is 13.7. The zero-order chi connectivity index (χ0) is 17.1. The molecule has 2 aromatic heterocycles. The first-order valence-corrected chi connectivity index (χ1v) is 7.72. The monoisotopic (exact) mass is 326 g/mol. The first-order chi connectivity index (χ1) is 11.6. The average Bonchev–Trinajstić information content (AvgIpc) is 2.99. The maximum atomic E-state index is 12.1. The average molecular weight is 326 g/mol. The van der Waals surface area contributed by atoms with Crippen LogP contribution >= 0.6 is 0 Å². The van der Waals surface area contributed by atoms with Gasteiger partial charge in [-0.15, -0.1) is 0 Å². The van der Waals surface area contributed by atoms with Gasteiger partial charge in [-0.1, -0.05) is 35.5 Å². The highest BCUT2D eigenvalue weighted by molar-refractivity contribution is 6.04. The van der Waals surface area contributed by atoms with Crippen LogP contribution in [-0.2, 0) is 4.74 Å². The topological polar surface area (TPSA) is 90.1 Å². The van der Waals surface area contributed by atoms with E-state index in [0.717, 1.165) is 5.56 Å². The van der Waals surface area contributed by atoms with Gasteiger partial charge in [0.15, 0.2) is 0 Å². The minimum Gasteiger partial charge on any atom is -0.461 e. The molecule has 1 atom stereocenters. The fourth-order valence-electron chi connectivity index (χ4n) is 2.43. The molecule has 1 N–H and O–H groups in total. The molecule has 3 rings (SSSR count). The third-order valence-corrected chi connectivity index (χ3v) is 3.57. The van der Waals surface area contributed by atoms with E-state index in [1.165, 1.54) is 0 Å². The summed E-state index contributed by atoms with van der Waals surface area (Å²) in [6.07, 6.45) is 0. The molecule has 0 fully saturated rings. The first kappa shape index (κ1) is 15.9. The highest BCUT2D eigenvalue weighted by Crippen LogP contribution is 2.28. The van der Waals surface area contributed by atoms with E-state index >= 15 is 0 Å². The Balaban J connectivity index is 2.03. The molecular weight excluding hydrogens is 308 g/mol. The molecule has 0 radical (unpaired) electrons. The highest BCUT2D eigenvalue weighted by Gasteiger charge is 2.23. The van der Waals surface area contributed by atoms with Gasteiger partial charge in [0, 0.05) is 6.04 Å². The van der Waals surface area contributed by atoms with Crippen molar-refractivity contribution in [1.82, 2.24) is 15.1 Å². The molecule has 2 heterocycles. The van der Waals surface area contributed by atoms with Gasteiger partial charge in [0.2, 0.25) is 5.69 Å². The lowest BCUT2D eigenvalue weighted by Crippen LogP contribution is -2.11. The summed E-state index contributed by atoms with van der Waals surface area (Å²) in [7, 11) is 0. The number of carbonyl (C=O) groups excluding carboxylic acids is 1. The van der Waals surface area contributed by atoms with Crippen molar-refractivity contribution in [3.63, 3.8) is 0 Å². The molecule has 0 aliphatic carbocycles. The summed E-state index contributed by atoms with van der Waals surface area (Å²) in [6, 6.07) is 9.91. The Kier molecular flexibility index (Phi) is 4.41. The second-order valence-electron chi connectivity index (χ2n) is 5.33. The summed E-state index contributed by atoms with van der Waals surface area (Å²) in [4.78, 5) is 20.7. The molecule has 1 aromatic carbocycles. The van der Waals surface area contributed by atoms with E-state index < -0.39 is 5.97 Å². The van der Waals surface area contributed by atoms with Gasteiger partial charge in [0.05, 0.1) is 6.61 Å². The molecule has 124 valence electrons. The standard InChI is InChI=1S/C17H18N4O3/c1-4-23-17(22)14-13-15(19-11(3)20-16(13)24-21-14)18-10(2)12-8-6-5-7-9-12/h5-10H,4H2,1-3H3,(H,18,19,20)/t10-/m0/s1. The van der Waals surface area contributed by atoms with E-state index in [9.17, 15) is 4.79 Å². The Bertz CT molecular complexity index is 861. The smallest absolute Gasteiger partial charge is 0.361 e. The van der Waals surface area contributed by atoms with Gasteiger partial charge in [0.25, 0.3) is 5.71 Å². The quantitative estimate of drug-likeness (QED) is 0.719. The van der Waals surface area contributed by atoms with Gasteiger partial charge < -0.3 is 14.6 Å². The molecule has 0 saturated carbocycles. The molecule has 0 unspecified atom stereocenters.